The van der Waals surface area contributed by atoms with E-state index in [1.54, 1.807) is 4.90 Å². The Balaban J connectivity index is 1.80. The Hall–Kier alpha value is -2.49. The van der Waals surface area contributed by atoms with Crippen molar-refractivity contribution in [3.8, 4) is 11.5 Å². The standard InChI is InChI=1S/C21H27NO3/c1-5-24-19-10-8-18(9-11-19)15-22(4)21(23)12-13-25-20-14-16(2)6-7-17(20)3/h6-11,14H,5,12-13,15H2,1-4H3. The zero-order chi connectivity index (χ0) is 18.2. The average Bonchev–Trinajstić information content (AvgIpc) is 2.59. The van der Waals surface area contributed by atoms with Gasteiger partial charge in [-0.3, -0.25) is 4.79 Å². The summed E-state index contributed by atoms with van der Waals surface area (Å²) in [6.07, 6.45) is 0.362. The average molecular weight is 341 g/mol. The van der Waals surface area contributed by atoms with E-state index < -0.39 is 0 Å². The largest absolute Gasteiger partial charge is 0.494 e. The molecule has 2 aromatic rings. The molecule has 0 saturated carbocycles. The van der Waals surface area contributed by atoms with Crippen molar-refractivity contribution in [2.24, 2.45) is 0 Å². The highest BCUT2D eigenvalue weighted by Gasteiger charge is 2.10. The molecule has 0 spiro atoms. The second-order valence-corrected chi connectivity index (χ2v) is 6.19. The SMILES string of the molecule is CCOc1ccc(CN(C)C(=O)CCOc2cc(C)ccc2C)cc1. The second kappa shape index (κ2) is 9.11. The predicted molar refractivity (Wildman–Crippen MR) is 100 cm³/mol. The third-order valence-electron chi connectivity index (χ3n) is 4.00. The van der Waals surface area contributed by atoms with Gasteiger partial charge in [0.1, 0.15) is 11.5 Å². The van der Waals surface area contributed by atoms with Crippen LogP contribution in [0, 0.1) is 13.8 Å². The predicted octanol–water partition coefficient (Wildman–Crippen LogP) is 4.13. The molecule has 4 nitrogen and oxygen atoms in total. The number of benzene rings is 2. The number of hydrogen-bond acceptors (Lipinski definition) is 3. The fourth-order valence-corrected chi connectivity index (χ4v) is 2.52. The Kier molecular flexibility index (Phi) is 6.87. The topological polar surface area (TPSA) is 38.8 Å². The third-order valence-corrected chi connectivity index (χ3v) is 4.00. The van der Waals surface area contributed by atoms with E-state index in [-0.39, 0.29) is 5.91 Å². The van der Waals surface area contributed by atoms with E-state index in [4.69, 9.17) is 9.47 Å². The van der Waals surface area contributed by atoms with Crippen molar-refractivity contribution >= 4 is 5.91 Å². The molecule has 0 atom stereocenters. The van der Waals surface area contributed by atoms with E-state index in [0.717, 1.165) is 28.2 Å². The second-order valence-electron chi connectivity index (χ2n) is 6.19. The van der Waals surface area contributed by atoms with Gasteiger partial charge in [-0.2, -0.15) is 0 Å². The fourth-order valence-electron chi connectivity index (χ4n) is 2.52. The summed E-state index contributed by atoms with van der Waals surface area (Å²) in [4.78, 5) is 14.0. The molecule has 1 amide bonds. The van der Waals surface area contributed by atoms with Crippen LogP contribution >= 0.6 is 0 Å². The van der Waals surface area contributed by atoms with Gasteiger partial charge in [0.15, 0.2) is 0 Å². The van der Waals surface area contributed by atoms with Crippen LogP contribution in [0.25, 0.3) is 0 Å². The summed E-state index contributed by atoms with van der Waals surface area (Å²) in [7, 11) is 1.82. The number of amides is 1. The quantitative estimate of drug-likeness (QED) is 0.725. The molecule has 2 rings (SSSR count). The van der Waals surface area contributed by atoms with Gasteiger partial charge in [0.25, 0.3) is 0 Å². The monoisotopic (exact) mass is 341 g/mol. The summed E-state index contributed by atoms with van der Waals surface area (Å²) in [6, 6.07) is 13.9. The minimum Gasteiger partial charge on any atom is -0.494 e. The van der Waals surface area contributed by atoms with Crippen LogP contribution in [0.5, 0.6) is 11.5 Å². The van der Waals surface area contributed by atoms with E-state index in [2.05, 4.69) is 6.07 Å². The van der Waals surface area contributed by atoms with E-state index in [1.165, 1.54) is 0 Å². The summed E-state index contributed by atoms with van der Waals surface area (Å²) < 4.78 is 11.2. The lowest BCUT2D eigenvalue weighted by molar-refractivity contribution is -0.130. The number of ether oxygens (including phenoxy) is 2. The number of nitrogens with zero attached hydrogens (tertiary/aromatic N) is 1. The van der Waals surface area contributed by atoms with Crippen LogP contribution in [-0.2, 0) is 11.3 Å². The lowest BCUT2D eigenvalue weighted by atomic mass is 10.1. The molecule has 0 aliphatic carbocycles. The van der Waals surface area contributed by atoms with E-state index >= 15 is 0 Å². The Morgan fingerprint density at radius 2 is 1.76 bits per heavy atom. The van der Waals surface area contributed by atoms with Crippen LogP contribution in [0.4, 0.5) is 0 Å². The number of hydrogen-bond donors (Lipinski definition) is 0. The van der Waals surface area contributed by atoms with E-state index in [1.807, 2.05) is 64.2 Å². The first kappa shape index (κ1) is 18.8. The first-order valence-corrected chi connectivity index (χ1v) is 8.65. The number of carbonyl (C=O) groups is 1. The van der Waals surface area contributed by atoms with Crippen molar-refractivity contribution in [3.63, 3.8) is 0 Å². The van der Waals surface area contributed by atoms with Gasteiger partial charge in [-0.05, 0) is 55.7 Å². The third kappa shape index (κ3) is 5.82. The highest BCUT2D eigenvalue weighted by Crippen LogP contribution is 2.19. The summed E-state index contributed by atoms with van der Waals surface area (Å²) in [5, 5.41) is 0. The van der Waals surface area contributed by atoms with Crippen LogP contribution in [0.15, 0.2) is 42.5 Å². The first-order chi connectivity index (χ1) is 12.0. The van der Waals surface area contributed by atoms with Crippen molar-refractivity contribution in [3.05, 3.63) is 59.2 Å². The van der Waals surface area contributed by atoms with Crippen molar-refractivity contribution in [2.75, 3.05) is 20.3 Å². The van der Waals surface area contributed by atoms with Crippen molar-refractivity contribution in [2.45, 2.75) is 33.7 Å². The summed E-state index contributed by atoms with van der Waals surface area (Å²) in [6.45, 7) is 7.61. The van der Waals surface area contributed by atoms with Crippen LogP contribution < -0.4 is 9.47 Å². The minimum absolute atomic E-state index is 0.0687. The van der Waals surface area contributed by atoms with E-state index in [9.17, 15) is 4.79 Å². The maximum absolute atomic E-state index is 12.3. The van der Waals surface area contributed by atoms with Crippen LogP contribution in [0.1, 0.15) is 30.0 Å². The Labute approximate surface area is 150 Å². The van der Waals surface area contributed by atoms with Gasteiger partial charge in [-0.25, -0.2) is 0 Å². The molecular formula is C21H27NO3. The number of aryl methyl sites for hydroxylation is 2. The van der Waals surface area contributed by atoms with Gasteiger partial charge in [-0.1, -0.05) is 24.3 Å². The maximum Gasteiger partial charge on any atom is 0.226 e. The molecule has 0 radical (unpaired) electrons. The van der Waals surface area contributed by atoms with Crippen molar-refractivity contribution in [1.29, 1.82) is 0 Å². The summed E-state index contributed by atoms with van der Waals surface area (Å²) in [5.74, 6) is 1.77. The molecule has 4 heteroatoms. The Morgan fingerprint density at radius 3 is 2.44 bits per heavy atom. The smallest absolute Gasteiger partial charge is 0.226 e. The molecule has 0 unspecified atom stereocenters. The summed E-state index contributed by atoms with van der Waals surface area (Å²) in [5.41, 5.74) is 3.31. The van der Waals surface area contributed by atoms with Crippen LogP contribution in [0.2, 0.25) is 0 Å². The molecule has 0 N–H and O–H groups in total. The molecule has 0 heterocycles. The Morgan fingerprint density at radius 1 is 1.04 bits per heavy atom. The van der Waals surface area contributed by atoms with Gasteiger partial charge in [0.05, 0.1) is 19.6 Å². The fraction of sp³-hybridized carbons (Fsp3) is 0.381. The van der Waals surface area contributed by atoms with Gasteiger partial charge in [-0.15, -0.1) is 0 Å². The molecule has 0 fully saturated rings. The van der Waals surface area contributed by atoms with Crippen LogP contribution in [-0.4, -0.2) is 31.1 Å². The summed E-state index contributed by atoms with van der Waals surface area (Å²) >= 11 is 0. The molecule has 134 valence electrons. The molecule has 0 saturated heterocycles. The molecule has 0 aliphatic rings. The molecule has 0 aliphatic heterocycles. The van der Waals surface area contributed by atoms with Gasteiger partial charge in [0, 0.05) is 13.6 Å². The first-order valence-electron chi connectivity index (χ1n) is 8.65. The lowest BCUT2D eigenvalue weighted by Gasteiger charge is -2.18. The van der Waals surface area contributed by atoms with Crippen molar-refractivity contribution in [1.82, 2.24) is 4.90 Å². The van der Waals surface area contributed by atoms with Gasteiger partial charge < -0.3 is 14.4 Å². The highest BCUT2D eigenvalue weighted by molar-refractivity contribution is 5.76. The van der Waals surface area contributed by atoms with Gasteiger partial charge >= 0.3 is 0 Å². The maximum atomic E-state index is 12.3. The van der Waals surface area contributed by atoms with Crippen LogP contribution in [0.3, 0.4) is 0 Å². The van der Waals surface area contributed by atoms with E-state index in [0.29, 0.717) is 26.2 Å². The molecule has 0 bridgehead atoms. The molecular weight excluding hydrogens is 314 g/mol. The number of rotatable bonds is 8. The zero-order valence-corrected chi connectivity index (χ0v) is 15.5. The highest BCUT2D eigenvalue weighted by atomic mass is 16.5. The lowest BCUT2D eigenvalue weighted by Crippen LogP contribution is -2.27. The number of carbonyl (C=O) groups excluding carboxylic acids is 1. The minimum atomic E-state index is 0.0687. The normalized spacial score (nSPS) is 10.4. The van der Waals surface area contributed by atoms with Gasteiger partial charge in [0.2, 0.25) is 5.91 Å². The molecule has 2 aromatic carbocycles. The van der Waals surface area contributed by atoms with Crippen molar-refractivity contribution < 1.29 is 14.3 Å². The molecule has 25 heavy (non-hydrogen) atoms. The molecule has 0 aromatic heterocycles. The zero-order valence-electron chi connectivity index (χ0n) is 15.5. The Bertz CT molecular complexity index is 695.